The first-order valence-electron chi connectivity index (χ1n) is 3.79. The molecule has 0 aliphatic rings. The number of hydrogen-bond acceptors (Lipinski definition) is 2. The molecule has 0 aliphatic carbocycles. The fraction of sp³-hybridized carbons (Fsp3) is 0.250. The highest BCUT2D eigenvalue weighted by molar-refractivity contribution is 9.10. The Balaban J connectivity index is 2.89. The van der Waals surface area contributed by atoms with Gasteiger partial charge in [-0.1, -0.05) is 27.1 Å². The predicted molar refractivity (Wildman–Crippen MR) is 53.1 cm³/mol. The summed E-state index contributed by atoms with van der Waals surface area (Å²) in [5.74, 6) is -0.528. The van der Waals surface area contributed by atoms with Gasteiger partial charge in [-0.3, -0.25) is 0 Å². The molecule has 0 radical (unpaired) electrons. The molecule has 0 saturated carbocycles. The van der Waals surface area contributed by atoms with Crippen molar-refractivity contribution in [2.24, 2.45) is 5.11 Å². The summed E-state index contributed by atoms with van der Waals surface area (Å²) in [6.07, 6.45) is -1.10. The second kappa shape index (κ2) is 4.95. The molecule has 4 nitrogen and oxygen atoms in total. The van der Waals surface area contributed by atoms with Crippen LogP contribution in [0.15, 0.2) is 27.8 Å². The Morgan fingerprint density at radius 2 is 2.36 bits per heavy atom. The van der Waals surface area contributed by atoms with Crippen LogP contribution in [0.25, 0.3) is 10.4 Å². The van der Waals surface area contributed by atoms with Crippen LogP contribution >= 0.6 is 15.9 Å². The van der Waals surface area contributed by atoms with Gasteiger partial charge in [0.05, 0.1) is 12.6 Å². The molecule has 1 N–H and O–H groups in total. The zero-order chi connectivity index (χ0) is 10.6. The van der Waals surface area contributed by atoms with Crippen LogP contribution in [0, 0.1) is 5.82 Å². The van der Waals surface area contributed by atoms with Gasteiger partial charge in [0, 0.05) is 14.9 Å². The van der Waals surface area contributed by atoms with Gasteiger partial charge < -0.3 is 5.11 Å². The van der Waals surface area contributed by atoms with E-state index in [-0.39, 0.29) is 12.1 Å². The van der Waals surface area contributed by atoms with Crippen LogP contribution in [0.2, 0.25) is 0 Å². The number of aliphatic hydroxyl groups is 1. The van der Waals surface area contributed by atoms with Crippen LogP contribution in [0.1, 0.15) is 11.7 Å². The first-order chi connectivity index (χ1) is 6.65. The standard InChI is InChI=1S/C8H7BrFN3O/c9-5-1-2-6(7(10)3-5)8(14)4-12-13-11/h1-3,8,14H,4H2/t8-/m0/s1. The zero-order valence-corrected chi connectivity index (χ0v) is 8.65. The van der Waals surface area contributed by atoms with Gasteiger partial charge in [0.15, 0.2) is 0 Å². The van der Waals surface area contributed by atoms with E-state index in [2.05, 4.69) is 26.0 Å². The molecule has 1 aromatic carbocycles. The maximum absolute atomic E-state index is 13.2. The Hall–Kier alpha value is -1.10. The summed E-state index contributed by atoms with van der Waals surface area (Å²) < 4.78 is 13.8. The van der Waals surface area contributed by atoms with E-state index in [0.717, 1.165) is 0 Å². The number of hydrogen-bond donors (Lipinski definition) is 1. The molecule has 0 heterocycles. The third-order valence-electron chi connectivity index (χ3n) is 1.64. The molecule has 0 unspecified atom stereocenters. The summed E-state index contributed by atoms with van der Waals surface area (Å²) in [6.45, 7) is -0.172. The highest BCUT2D eigenvalue weighted by Crippen LogP contribution is 2.21. The van der Waals surface area contributed by atoms with Crippen LogP contribution < -0.4 is 0 Å². The average molecular weight is 260 g/mol. The predicted octanol–water partition coefficient (Wildman–Crippen LogP) is 2.93. The molecule has 14 heavy (non-hydrogen) atoms. The fourth-order valence-electron chi connectivity index (χ4n) is 0.984. The number of aliphatic hydroxyl groups excluding tert-OH is 1. The molecule has 0 amide bonds. The van der Waals surface area contributed by atoms with Crippen molar-refractivity contribution in [3.05, 3.63) is 44.5 Å². The van der Waals surface area contributed by atoms with Crippen molar-refractivity contribution in [2.45, 2.75) is 6.10 Å². The minimum Gasteiger partial charge on any atom is -0.388 e. The van der Waals surface area contributed by atoms with Crippen molar-refractivity contribution in [3.8, 4) is 0 Å². The number of halogens is 2. The molecular weight excluding hydrogens is 253 g/mol. The summed E-state index contributed by atoms with van der Waals surface area (Å²) in [5, 5.41) is 12.6. The molecule has 0 spiro atoms. The van der Waals surface area contributed by atoms with E-state index in [9.17, 15) is 9.50 Å². The lowest BCUT2D eigenvalue weighted by atomic mass is 10.1. The lowest BCUT2D eigenvalue weighted by Crippen LogP contribution is -2.03. The largest absolute Gasteiger partial charge is 0.388 e. The Labute approximate surface area is 88.1 Å². The molecule has 0 bridgehead atoms. The minimum absolute atomic E-state index is 0.126. The SMILES string of the molecule is [N-]=[N+]=NC[C@H](O)c1ccc(Br)cc1F. The van der Waals surface area contributed by atoms with Crippen molar-refractivity contribution in [1.29, 1.82) is 0 Å². The second-order valence-electron chi connectivity index (χ2n) is 2.60. The van der Waals surface area contributed by atoms with Gasteiger partial charge >= 0.3 is 0 Å². The summed E-state index contributed by atoms with van der Waals surface area (Å²) >= 11 is 3.09. The maximum Gasteiger partial charge on any atom is 0.130 e. The highest BCUT2D eigenvalue weighted by atomic mass is 79.9. The molecule has 0 aliphatic heterocycles. The van der Waals surface area contributed by atoms with E-state index in [0.29, 0.717) is 4.47 Å². The third-order valence-corrected chi connectivity index (χ3v) is 2.13. The van der Waals surface area contributed by atoms with Crippen LogP contribution in [0.5, 0.6) is 0 Å². The van der Waals surface area contributed by atoms with Crippen molar-refractivity contribution >= 4 is 15.9 Å². The number of nitrogens with zero attached hydrogens (tertiary/aromatic N) is 3. The first kappa shape index (κ1) is 11.0. The van der Waals surface area contributed by atoms with Gasteiger partial charge in [0.1, 0.15) is 5.82 Å². The third kappa shape index (κ3) is 2.70. The second-order valence-corrected chi connectivity index (χ2v) is 3.51. The first-order valence-corrected chi connectivity index (χ1v) is 4.58. The maximum atomic E-state index is 13.2. The molecule has 74 valence electrons. The van der Waals surface area contributed by atoms with Crippen LogP contribution in [-0.2, 0) is 0 Å². The van der Waals surface area contributed by atoms with Crippen molar-refractivity contribution < 1.29 is 9.50 Å². The van der Waals surface area contributed by atoms with Gasteiger partial charge in [-0.05, 0) is 17.7 Å². The van der Waals surface area contributed by atoms with E-state index in [1.807, 2.05) is 0 Å². The Bertz CT molecular complexity index is 379. The molecular formula is C8H7BrFN3O. The summed E-state index contributed by atoms with van der Waals surface area (Å²) in [7, 11) is 0. The summed E-state index contributed by atoms with van der Waals surface area (Å²) in [5.41, 5.74) is 8.15. The van der Waals surface area contributed by atoms with Crippen molar-refractivity contribution in [2.75, 3.05) is 6.54 Å². The van der Waals surface area contributed by atoms with Gasteiger partial charge in [0.25, 0.3) is 0 Å². The Morgan fingerprint density at radius 3 is 2.93 bits per heavy atom. The van der Waals surface area contributed by atoms with E-state index >= 15 is 0 Å². The zero-order valence-electron chi connectivity index (χ0n) is 7.06. The molecule has 0 saturated heterocycles. The van der Waals surface area contributed by atoms with Gasteiger partial charge in [-0.2, -0.15) is 0 Å². The molecule has 1 rings (SSSR count). The number of benzene rings is 1. The van der Waals surface area contributed by atoms with E-state index in [1.54, 1.807) is 6.07 Å². The van der Waals surface area contributed by atoms with Crippen molar-refractivity contribution in [3.63, 3.8) is 0 Å². The lowest BCUT2D eigenvalue weighted by Gasteiger charge is -2.08. The molecule has 6 heteroatoms. The molecule has 1 aromatic rings. The lowest BCUT2D eigenvalue weighted by molar-refractivity contribution is 0.182. The van der Waals surface area contributed by atoms with E-state index in [4.69, 9.17) is 5.53 Å². The number of azide groups is 1. The van der Waals surface area contributed by atoms with Crippen LogP contribution in [0.3, 0.4) is 0 Å². The van der Waals surface area contributed by atoms with Gasteiger partial charge in [-0.25, -0.2) is 4.39 Å². The smallest absolute Gasteiger partial charge is 0.130 e. The summed E-state index contributed by atoms with van der Waals surface area (Å²) in [4.78, 5) is 2.48. The molecule has 0 aromatic heterocycles. The highest BCUT2D eigenvalue weighted by Gasteiger charge is 2.11. The van der Waals surface area contributed by atoms with Crippen LogP contribution in [0.4, 0.5) is 4.39 Å². The minimum atomic E-state index is -1.10. The van der Waals surface area contributed by atoms with E-state index < -0.39 is 11.9 Å². The van der Waals surface area contributed by atoms with E-state index in [1.165, 1.54) is 12.1 Å². The fourth-order valence-corrected chi connectivity index (χ4v) is 1.32. The molecule has 1 atom stereocenters. The monoisotopic (exact) mass is 259 g/mol. The van der Waals surface area contributed by atoms with Crippen LogP contribution in [-0.4, -0.2) is 11.7 Å². The van der Waals surface area contributed by atoms with Gasteiger partial charge in [-0.15, -0.1) is 0 Å². The average Bonchev–Trinajstić information content (AvgIpc) is 2.14. The van der Waals surface area contributed by atoms with Gasteiger partial charge in [0.2, 0.25) is 0 Å². The summed E-state index contributed by atoms with van der Waals surface area (Å²) in [6, 6.07) is 4.29. The number of rotatable bonds is 3. The Kier molecular flexibility index (Phi) is 3.88. The molecule has 0 fully saturated rings. The van der Waals surface area contributed by atoms with Crippen molar-refractivity contribution in [1.82, 2.24) is 0 Å². The quantitative estimate of drug-likeness (QED) is 0.506. The Morgan fingerprint density at radius 1 is 1.64 bits per heavy atom. The topological polar surface area (TPSA) is 69.0 Å². The normalized spacial score (nSPS) is 11.9.